The summed E-state index contributed by atoms with van der Waals surface area (Å²) in [6, 6.07) is 16.5. The second-order valence-corrected chi connectivity index (χ2v) is 15.7. The van der Waals surface area contributed by atoms with E-state index in [1.165, 1.54) is 12.1 Å². The molecule has 6 heterocycles. The van der Waals surface area contributed by atoms with Crippen molar-refractivity contribution in [2.75, 3.05) is 48.4 Å². The van der Waals surface area contributed by atoms with Crippen LogP contribution in [0.2, 0.25) is 0 Å². The zero-order chi connectivity index (χ0) is 43.5. The highest BCUT2D eigenvalue weighted by Gasteiger charge is 2.39. The van der Waals surface area contributed by atoms with Gasteiger partial charge in [0.15, 0.2) is 17.0 Å². The second kappa shape index (κ2) is 18.0. The van der Waals surface area contributed by atoms with Gasteiger partial charge in [0.05, 0.1) is 43.0 Å². The van der Waals surface area contributed by atoms with Gasteiger partial charge in [0.2, 0.25) is 29.6 Å². The number of anilines is 3. The molecule has 1 atom stereocenters. The maximum Gasteiger partial charge on any atom is 0.255 e. The number of halogens is 1. The maximum atomic E-state index is 14.2. The minimum absolute atomic E-state index is 0.183. The Balaban J connectivity index is 0.747. The molecule has 0 aliphatic carbocycles. The normalized spacial score (nSPS) is 16.4. The van der Waals surface area contributed by atoms with E-state index >= 15 is 0 Å². The molecule has 0 bridgehead atoms. The highest BCUT2D eigenvalue weighted by atomic mass is 19.1. The number of aromatic nitrogens is 6. The van der Waals surface area contributed by atoms with E-state index in [0.29, 0.717) is 102 Å². The van der Waals surface area contributed by atoms with Gasteiger partial charge < -0.3 is 35.5 Å². The first-order valence-electron chi connectivity index (χ1n) is 21.0. The molecule has 2 saturated heterocycles. The van der Waals surface area contributed by atoms with Gasteiger partial charge in [-0.05, 0) is 79.3 Å². The third-order valence-electron chi connectivity index (χ3n) is 11.5. The molecule has 0 spiro atoms. The van der Waals surface area contributed by atoms with Crippen LogP contribution >= 0.6 is 0 Å². The fraction of sp³-hybridized carbons (Fsp3) is 0.341. The summed E-state index contributed by atoms with van der Waals surface area (Å²) < 4.78 is 21.4. The van der Waals surface area contributed by atoms with Gasteiger partial charge in [-0.25, -0.2) is 14.4 Å². The van der Waals surface area contributed by atoms with E-state index in [-0.39, 0.29) is 55.4 Å². The minimum Gasteiger partial charge on any atom is -0.378 e. The fourth-order valence-corrected chi connectivity index (χ4v) is 8.26. The summed E-state index contributed by atoms with van der Waals surface area (Å²) in [6.07, 6.45) is 5.31. The molecular formula is C44H45FN12O6. The van der Waals surface area contributed by atoms with E-state index in [0.717, 1.165) is 30.4 Å². The van der Waals surface area contributed by atoms with Crippen LogP contribution in [0.15, 0.2) is 67.0 Å². The van der Waals surface area contributed by atoms with Crippen LogP contribution < -0.4 is 26.2 Å². The number of fused-ring (bicyclic) bond motifs is 3. The topological polar surface area (TPSA) is 221 Å². The number of aryl methyl sites for hydroxylation is 1. The van der Waals surface area contributed by atoms with Gasteiger partial charge in [-0.1, -0.05) is 24.6 Å². The second-order valence-electron chi connectivity index (χ2n) is 15.7. The Morgan fingerprint density at radius 3 is 2.63 bits per heavy atom. The van der Waals surface area contributed by atoms with E-state index in [4.69, 9.17) is 19.7 Å². The number of hydrogen-bond donors (Lipinski definition) is 5. The third kappa shape index (κ3) is 9.04. The molecule has 1 unspecified atom stereocenters. The Hall–Kier alpha value is -7.28. The molecule has 6 aromatic rings. The van der Waals surface area contributed by atoms with E-state index < -0.39 is 11.9 Å². The number of rotatable bonds is 15. The van der Waals surface area contributed by atoms with Gasteiger partial charge in [-0.2, -0.15) is 9.97 Å². The fourth-order valence-electron chi connectivity index (χ4n) is 8.26. The minimum atomic E-state index is -0.659. The van der Waals surface area contributed by atoms with Crippen molar-refractivity contribution in [2.24, 2.45) is 0 Å². The number of carbonyl (C=O) groups is 5. The number of H-pyrrole nitrogens is 1. The number of nitrogens with zero attached hydrogens (tertiary/aromatic N) is 7. The third-order valence-corrected chi connectivity index (χ3v) is 11.5. The number of aromatic amines is 1. The molecule has 5 amide bonds. The van der Waals surface area contributed by atoms with Gasteiger partial charge in [0, 0.05) is 43.7 Å². The Morgan fingerprint density at radius 1 is 0.937 bits per heavy atom. The number of morpholine rings is 1. The predicted molar refractivity (Wildman–Crippen MR) is 229 cm³/mol. The average molecular weight is 857 g/mol. The van der Waals surface area contributed by atoms with Gasteiger partial charge >= 0.3 is 0 Å². The number of piperidine rings is 1. The summed E-state index contributed by atoms with van der Waals surface area (Å²) in [6.45, 7) is 2.76. The molecule has 0 saturated carbocycles. The van der Waals surface area contributed by atoms with Crippen molar-refractivity contribution >= 4 is 69.2 Å². The number of imide groups is 1. The Kier molecular flexibility index (Phi) is 11.7. The number of carbonyl (C=O) groups excluding carboxylic acids is 5. The van der Waals surface area contributed by atoms with Crippen LogP contribution in [-0.4, -0.2) is 103 Å². The summed E-state index contributed by atoms with van der Waals surface area (Å²) in [5.41, 5.74) is 6.07. The lowest BCUT2D eigenvalue weighted by molar-refractivity contribution is -0.137. The van der Waals surface area contributed by atoms with Gasteiger partial charge in [0.1, 0.15) is 24.0 Å². The van der Waals surface area contributed by atoms with Crippen LogP contribution in [0.25, 0.3) is 27.9 Å². The van der Waals surface area contributed by atoms with Crippen molar-refractivity contribution in [1.29, 1.82) is 0 Å². The van der Waals surface area contributed by atoms with Crippen molar-refractivity contribution in [2.45, 2.75) is 64.1 Å². The lowest BCUT2D eigenvalue weighted by atomic mass is 9.98. The molecular weight excluding hydrogens is 812 g/mol. The van der Waals surface area contributed by atoms with Crippen LogP contribution in [0.5, 0.6) is 0 Å². The number of hydrogen-bond acceptors (Lipinski definition) is 12. The summed E-state index contributed by atoms with van der Waals surface area (Å²) in [5, 5.41) is 11.2. The Labute approximate surface area is 360 Å². The molecule has 0 radical (unpaired) electrons. The number of amides is 5. The predicted octanol–water partition coefficient (Wildman–Crippen LogP) is 3.90. The van der Waals surface area contributed by atoms with Crippen molar-refractivity contribution in [3.63, 3.8) is 0 Å². The van der Waals surface area contributed by atoms with E-state index in [9.17, 15) is 28.4 Å². The zero-order valence-electron chi connectivity index (χ0n) is 34.3. The molecule has 324 valence electrons. The standard InChI is InChI=1S/C44H45FN12O6/c45-27-8-5-9-29(20-27)57-25-48-39-40(53-44(54-41(39)57)55-16-18-63-19-17-55)47-22-35-50-32-13-12-28(21-33(32)51-35)49-38(60)23-46-36(58)11-3-1-2-6-26-7-4-10-30-31(26)24-56(43(30)62)34-14-15-37(59)52-42(34)61/h4-5,7-10,12-13,20-21,25,34H,1-3,6,11,14-19,22-24H2,(H,46,58)(H,49,60)(H,50,51)(H,47,53,54)(H,52,59,61). The first kappa shape index (κ1) is 41.1. The van der Waals surface area contributed by atoms with Crippen LogP contribution in [-0.2, 0) is 43.4 Å². The molecule has 63 heavy (non-hydrogen) atoms. The lowest BCUT2D eigenvalue weighted by Crippen LogP contribution is -2.52. The Morgan fingerprint density at radius 2 is 1.79 bits per heavy atom. The molecule has 2 fully saturated rings. The summed E-state index contributed by atoms with van der Waals surface area (Å²) >= 11 is 0. The lowest BCUT2D eigenvalue weighted by Gasteiger charge is -2.29. The number of imidazole rings is 2. The van der Waals surface area contributed by atoms with Crippen molar-refractivity contribution in [3.8, 4) is 5.69 Å². The van der Waals surface area contributed by atoms with Gasteiger partial charge in [-0.15, -0.1) is 0 Å². The van der Waals surface area contributed by atoms with E-state index in [1.54, 1.807) is 52.2 Å². The van der Waals surface area contributed by atoms with Crippen molar-refractivity contribution < 1.29 is 33.1 Å². The highest BCUT2D eigenvalue weighted by molar-refractivity contribution is 6.05. The molecule has 3 aliphatic heterocycles. The molecule has 19 heteroatoms. The molecule has 18 nitrogen and oxygen atoms in total. The smallest absolute Gasteiger partial charge is 0.255 e. The molecule has 3 aliphatic rings. The first-order chi connectivity index (χ1) is 30.7. The summed E-state index contributed by atoms with van der Waals surface area (Å²) in [4.78, 5) is 88.4. The first-order valence-corrected chi connectivity index (χ1v) is 21.0. The van der Waals surface area contributed by atoms with E-state index in [1.807, 2.05) is 17.0 Å². The number of unbranched alkanes of at least 4 members (excludes halogenated alkanes) is 2. The van der Waals surface area contributed by atoms with Gasteiger partial charge in [-0.3, -0.25) is 33.9 Å². The van der Waals surface area contributed by atoms with Crippen LogP contribution in [0, 0.1) is 5.82 Å². The SMILES string of the molecule is O=C(CCCCCc1cccc2c1CN(C1CCC(=O)NC1=O)C2=O)NCC(=O)Nc1ccc2nc(CNc3nc(N4CCOCC4)nc4c3ncn4-c3cccc(F)c3)[nH]c2c1. The molecule has 9 rings (SSSR count). The number of nitrogens with one attached hydrogen (secondary N) is 5. The van der Waals surface area contributed by atoms with Gasteiger partial charge in [0.25, 0.3) is 5.91 Å². The molecule has 3 aromatic carbocycles. The van der Waals surface area contributed by atoms with E-state index in [2.05, 4.69) is 31.2 Å². The van der Waals surface area contributed by atoms with Crippen molar-refractivity contribution in [3.05, 3.63) is 95.3 Å². The van der Waals surface area contributed by atoms with Crippen LogP contribution in [0.3, 0.4) is 0 Å². The molecule has 5 N–H and O–H groups in total. The largest absolute Gasteiger partial charge is 0.378 e. The Bertz CT molecular complexity index is 2750. The van der Waals surface area contributed by atoms with Crippen LogP contribution in [0.1, 0.15) is 65.8 Å². The summed E-state index contributed by atoms with van der Waals surface area (Å²) in [7, 11) is 0. The number of ether oxygens (including phenoxy) is 1. The average Bonchev–Trinajstić information content (AvgIpc) is 4.00. The van der Waals surface area contributed by atoms with Crippen molar-refractivity contribution in [1.82, 2.24) is 45.0 Å². The summed E-state index contributed by atoms with van der Waals surface area (Å²) in [5.74, 6) is -0.316. The number of benzene rings is 3. The highest BCUT2D eigenvalue weighted by Crippen LogP contribution is 2.31. The zero-order valence-corrected chi connectivity index (χ0v) is 34.3. The maximum absolute atomic E-state index is 14.2. The quantitative estimate of drug-likeness (QED) is 0.0734. The molecule has 3 aromatic heterocycles. The van der Waals surface area contributed by atoms with Crippen LogP contribution in [0.4, 0.5) is 21.8 Å². The monoisotopic (exact) mass is 856 g/mol.